The Morgan fingerprint density at radius 3 is 2.48 bits per heavy atom. The van der Waals surface area contributed by atoms with Gasteiger partial charge < -0.3 is 19.1 Å². The number of hydrogen-bond acceptors (Lipinski definition) is 4. The van der Waals surface area contributed by atoms with E-state index in [0.29, 0.717) is 24.7 Å². The van der Waals surface area contributed by atoms with Gasteiger partial charge in [0.1, 0.15) is 0 Å². The zero-order valence-electron chi connectivity index (χ0n) is 16.2. The van der Waals surface area contributed by atoms with E-state index in [9.17, 15) is 4.79 Å². The quantitative estimate of drug-likeness (QED) is 0.784. The number of ether oxygens (including phenoxy) is 3. The molecule has 2 aromatic rings. The average molecular weight is 369 g/mol. The monoisotopic (exact) mass is 369 g/mol. The number of rotatable bonds is 6. The van der Waals surface area contributed by atoms with Crippen LogP contribution >= 0.6 is 0 Å². The van der Waals surface area contributed by atoms with Crippen molar-refractivity contribution >= 4 is 5.91 Å². The predicted molar refractivity (Wildman–Crippen MR) is 104 cm³/mol. The molecular weight excluding hydrogens is 342 g/mol. The standard InChI is InChI=1S/C22H27NO4/c1-22(2)16-27-18(13-17-9-5-4-6-10-17)14-23(22)21(24)15-26-20-12-8-7-11-19(20)25-3/h4-12,18H,13-16H2,1-3H3. The number of amides is 1. The van der Waals surface area contributed by atoms with Gasteiger partial charge in [0, 0.05) is 13.0 Å². The maximum Gasteiger partial charge on any atom is 0.261 e. The van der Waals surface area contributed by atoms with E-state index in [2.05, 4.69) is 12.1 Å². The highest BCUT2D eigenvalue weighted by molar-refractivity contribution is 5.79. The van der Waals surface area contributed by atoms with Crippen LogP contribution in [-0.2, 0) is 16.0 Å². The Hall–Kier alpha value is -2.53. The van der Waals surface area contributed by atoms with E-state index in [1.165, 1.54) is 5.56 Å². The lowest BCUT2D eigenvalue weighted by molar-refractivity contribution is -0.156. The Labute approximate surface area is 160 Å². The van der Waals surface area contributed by atoms with Gasteiger partial charge >= 0.3 is 0 Å². The maximum atomic E-state index is 12.9. The molecular formula is C22H27NO4. The molecule has 1 atom stereocenters. The van der Waals surface area contributed by atoms with Crippen LogP contribution in [0.5, 0.6) is 11.5 Å². The van der Waals surface area contributed by atoms with Crippen LogP contribution in [0.15, 0.2) is 54.6 Å². The number of hydrogen-bond donors (Lipinski definition) is 0. The SMILES string of the molecule is COc1ccccc1OCC(=O)N1CC(Cc2ccccc2)OCC1(C)C. The van der Waals surface area contributed by atoms with E-state index < -0.39 is 0 Å². The van der Waals surface area contributed by atoms with Gasteiger partial charge in [0.25, 0.3) is 5.91 Å². The number of carbonyl (C=O) groups excluding carboxylic acids is 1. The third-order valence-corrected chi connectivity index (χ3v) is 4.82. The van der Waals surface area contributed by atoms with Crippen molar-refractivity contribution in [1.82, 2.24) is 4.90 Å². The van der Waals surface area contributed by atoms with Crippen molar-refractivity contribution in [1.29, 1.82) is 0 Å². The van der Waals surface area contributed by atoms with Crippen molar-refractivity contribution in [3.63, 3.8) is 0 Å². The van der Waals surface area contributed by atoms with Crippen LogP contribution in [0.1, 0.15) is 19.4 Å². The summed E-state index contributed by atoms with van der Waals surface area (Å²) in [5, 5.41) is 0. The lowest BCUT2D eigenvalue weighted by Crippen LogP contribution is -2.59. The lowest BCUT2D eigenvalue weighted by Gasteiger charge is -2.45. The van der Waals surface area contributed by atoms with Crippen LogP contribution in [0.3, 0.4) is 0 Å². The van der Waals surface area contributed by atoms with Crippen molar-refractivity contribution in [2.75, 3.05) is 26.9 Å². The summed E-state index contributed by atoms with van der Waals surface area (Å²) in [7, 11) is 1.59. The van der Waals surface area contributed by atoms with E-state index >= 15 is 0 Å². The number of morpholine rings is 1. The molecule has 3 rings (SSSR count). The van der Waals surface area contributed by atoms with Crippen molar-refractivity contribution < 1.29 is 19.0 Å². The van der Waals surface area contributed by atoms with E-state index in [0.717, 1.165) is 6.42 Å². The fourth-order valence-electron chi connectivity index (χ4n) is 3.30. The molecule has 144 valence electrons. The molecule has 0 bridgehead atoms. The normalized spacial score (nSPS) is 18.8. The summed E-state index contributed by atoms with van der Waals surface area (Å²) in [6, 6.07) is 17.5. The molecule has 0 aromatic heterocycles. The Morgan fingerprint density at radius 1 is 1.11 bits per heavy atom. The second kappa shape index (κ2) is 8.44. The molecule has 1 saturated heterocycles. The fraction of sp³-hybridized carbons (Fsp3) is 0.409. The molecule has 1 unspecified atom stereocenters. The van der Waals surface area contributed by atoms with Gasteiger partial charge in [-0.2, -0.15) is 0 Å². The number of para-hydroxylation sites is 2. The zero-order valence-corrected chi connectivity index (χ0v) is 16.2. The molecule has 1 amide bonds. The number of benzene rings is 2. The summed E-state index contributed by atoms with van der Waals surface area (Å²) in [5.41, 5.74) is 0.842. The molecule has 0 aliphatic carbocycles. The Balaban J connectivity index is 1.64. The molecule has 1 aliphatic heterocycles. The minimum Gasteiger partial charge on any atom is -0.493 e. The van der Waals surface area contributed by atoms with E-state index in [1.54, 1.807) is 13.2 Å². The molecule has 0 spiro atoms. The molecule has 2 aromatic carbocycles. The van der Waals surface area contributed by atoms with Gasteiger partial charge in [-0.05, 0) is 31.5 Å². The largest absolute Gasteiger partial charge is 0.493 e. The van der Waals surface area contributed by atoms with Crippen molar-refractivity contribution in [2.45, 2.75) is 31.9 Å². The van der Waals surface area contributed by atoms with Crippen LogP contribution in [0.2, 0.25) is 0 Å². The Kier molecular flexibility index (Phi) is 6.01. The second-order valence-electron chi connectivity index (χ2n) is 7.38. The van der Waals surface area contributed by atoms with Crippen molar-refractivity contribution in [3.05, 3.63) is 60.2 Å². The summed E-state index contributed by atoms with van der Waals surface area (Å²) < 4.78 is 17.0. The predicted octanol–water partition coefficient (Wildman–Crippen LogP) is 3.32. The molecule has 1 heterocycles. The highest BCUT2D eigenvalue weighted by Crippen LogP contribution is 2.27. The van der Waals surface area contributed by atoms with Gasteiger partial charge in [-0.3, -0.25) is 4.79 Å². The van der Waals surface area contributed by atoms with E-state index in [-0.39, 0.29) is 24.2 Å². The van der Waals surface area contributed by atoms with E-state index in [4.69, 9.17) is 14.2 Å². The summed E-state index contributed by atoms with van der Waals surface area (Å²) >= 11 is 0. The van der Waals surface area contributed by atoms with Gasteiger partial charge in [-0.25, -0.2) is 0 Å². The van der Waals surface area contributed by atoms with Crippen LogP contribution in [0.25, 0.3) is 0 Å². The number of nitrogens with zero attached hydrogens (tertiary/aromatic N) is 1. The van der Waals surface area contributed by atoms with Gasteiger partial charge in [0.05, 0.1) is 25.4 Å². The first-order valence-corrected chi connectivity index (χ1v) is 9.21. The fourth-order valence-corrected chi connectivity index (χ4v) is 3.30. The molecule has 0 radical (unpaired) electrons. The highest BCUT2D eigenvalue weighted by atomic mass is 16.5. The van der Waals surface area contributed by atoms with E-state index in [1.807, 2.05) is 55.1 Å². The smallest absolute Gasteiger partial charge is 0.261 e. The van der Waals surface area contributed by atoms with Crippen LogP contribution in [0, 0.1) is 0 Å². The molecule has 1 fully saturated rings. The Morgan fingerprint density at radius 2 is 1.78 bits per heavy atom. The number of methoxy groups -OCH3 is 1. The average Bonchev–Trinajstić information content (AvgIpc) is 2.68. The molecule has 5 heteroatoms. The molecule has 0 N–H and O–H groups in total. The lowest BCUT2D eigenvalue weighted by atomic mass is 9.98. The zero-order chi connectivity index (χ0) is 19.3. The van der Waals surface area contributed by atoms with Gasteiger partial charge in [0.2, 0.25) is 0 Å². The van der Waals surface area contributed by atoms with Gasteiger partial charge in [-0.1, -0.05) is 42.5 Å². The first-order chi connectivity index (χ1) is 13.0. The minimum absolute atomic E-state index is 0.0179. The minimum atomic E-state index is -0.367. The summed E-state index contributed by atoms with van der Waals surface area (Å²) in [5.74, 6) is 1.14. The third kappa shape index (κ3) is 4.80. The maximum absolute atomic E-state index is 12.9. The highest BCUT2D eigenvalue weighted by Gasteiger charge is 2.38. The molecule has 27 heavy (non-hydrogen) atoms. The number of carbonyl (C=O) groups is 1. The first-order valence-electron chi connectivity index (χ1n) is 9.21. The summed E-state index contributed by atoms with van der Waals surface area (Å²) in [6.45, 7) is 5.07. The van der Waals surface area contributed by atoms with Crippen molar-refractivity contribution in [2.24, 2.45) is 0 Å². The van der Waals surface area contributed by atoms with Crippen molar-refractivity contribution in [3.8, 4) is 11.5 Å². The molecule has 1 aliphatic rings. The molecule has 0 saturated carbocycles. The second-order valence-corrected chi connectivity index (χ2v) is 7.38. The van der Waals surface area contributed by atoms with Gasteiger partial charge in [0.15, 0.2) is 18.1 Å². The van der Waals surface area contributed by atoms with Gasteiger partial charge in [-0.15, -0.1) is 0 Å². The molecule has 5 nitrogen and oxygen atoms in total. The van der Waals surface area contributed by atoms with Crippen LogP contribution in [0.4, 0.5) is 0 Å². The summed E-state index contributed by atoms with van der Waals surface area (Å²) in [4.78, 5) is 14.8. The Bertz CT molecular complexity index is 760. The van der Waals surface area contributed by atoms with Crippen LogP contribution < -0.4 is 9.47 Å². The topological polar surface area (TPSA) is 48.0 Å². The van der Waals surface area contributed by atoms with Crippen LogP contribution in [-0.4, -0.2) is 49.3 Å². The first kappa shape index (κ1) is 19.2. The third-order valence-electron chi connectivity index (χ3n) is 4.82. The summed E-state index contributed by atoms with van der Waals surface area (Å²) in [6.07, 6.45) is 0.768.